The number of amides is 1. The van der Waals surface area contributed by atoms with E-state index in [1.54, 1.807) is 25.1 Å². The summed E-state index contributed by atoms with van der Waals surface area (Å²) in [5.74, 6) is -0.349. The third-order valence-corrected chi connectivity index (χ3v) is 4.88. The molecule has 0 atom stereocenters. The van der Waals surface area contributed by atoms with Gasteiger partial charge >= 0.3 is 5.69 Å². The average molecular weight is 507 g/mol. The van der Waals surface area contributed by atoms with Gasteiger partial charge in [0.15, 0.2) is 5.75 Å². The predicted octanol–water partition coefficient (Wildman–Crippen LogP) is 3.24. The SMILES string of the molecule is CN(C)CC(=O)NCCOc1cc2ncnc(Nc3ccc(Br)c(F)c3)c2cc1[N+](=O)[O-]. The van der Waals surface area contributed by atoms with Gasteiger partial charge in [0.2, 0.25) is 5.91 Å². The molecule has 1 heterocycles. The number of hydrogen-bond donors (Lipinski definition) is 2. The molecule has 10 nitrogen and oxygen atoms in total. The Labute approximate surface area is 191 Å². The molecule has 12 heteroatoms. The molecule has 2 aromatic carbocycles. The number of fused-ring (bicyclic) bond motifs is 1. The van der Waals surface area contributed by atoms with Crippen molar-refractivity contribution in [3.63, 3.8) is 0 Å². The summed E-state index contributed by atoms with van der Waals surface area (Å²) >= 11 is 3.09. The third kappa shape index (κ3) is 5.86. The third-order valence-electron chi connectivity index (χ3n) is 4.24. The van der Waals surface area contributed by atoms with Crippen molar-refractivity contribution >= 4 is 49.9 Å². The molecule has 0 spiro atoms. The molecule has 1 aromatic heterocycles. The summed E-state index contributed by atoms with van der Waals surface area (Å²) in [5.41, 5.74) is 0.538. The lowest BCUT2D eigenvalue weighted by atomic mass is 10.2. The number of ether oxygens (including phenoxy) is 1. The van der Waals surface area contributed by atoms with Gasteiger partial charge in [0.1, 0.15) is 24.6 Å². The van der Waals surface area contributed by atoms with Crippen molar-refractivity contribution in [1.29, 1.82) is 0 Å². The van der Waals surface area contributed by atoms with Crippen molar-refractivity contribution in [3.05, 3.63) is 57.1 Å². The van der Waals surface area contributed by atoms with Crippen molar-refractivity contribution in [1.82, 2.24) is 20.2 Å². The van der Waals surface area contributed by atoms with Gasteiger partial charge in [0.25, 0.3) is 0 Å². The number of aromatic nitrogens is 2. The summed E-state index contributed by atoms with van der Waals surface area (Å²) in [6.07, 6.45) is 1.29. The lowest BCUT2D eigenvalue weighted by Gasteiger charge is -2.12. The molecule has 0 fully saturated rings. The molecular formula is C20H20BrFN6O4. The van der Waals surface area contributed by atoms with Gasteiger partial charge in [-0.2, -0.15) is 0 Å². The maximum Gasteiger partial charge on any atom is 0.311 e. The summed E-state index contributed by atoms with van der Waals surface area (Å²) in [7, 11) is 3.54. The summed E-state index contributed by atoms with van der Waals surface area (Å²) in [4.78, 5) is 32.7. The van der Waals surface area contributed by atoms with E-state index in [4.69, 9.17) is 4.74 Å². The van der Waals surface area contributed by atoms with Crippen molar-refractivity contribution in [3.8, 4) is 5.75 Å². The van der Waals surface area contributed by atoms with E-state index in [-0.39, 0.29) is 42.9 Å². The van der Waals surface area contributed by atoms with E-state index in [0.29, 0.717) is 21.1 Å². The van der Waals surface area contributed by atoms with E-state index in [1.165, 1.54) is 30.6 Å². The Kier molecular flexibility index (Phi) is 7.49. The molecule has 32 heavy (non-hydrogen) atoms. The van der Waals surface area contributed by atoms with Crippen molar-refractivity contribution in [2.24, 2.45) is 0 Å². The number of anilines is 2. The highest BCUT2D eigenvalue weighted by Crippen LogP contribution is 2.34. The molecule has 0 radical (unpaired) electrons. The Bertz CT molecular complexity index is 1160. The fourth-order valence-corrected chi connectivity index (χ4v) is 3.08. The monoisotopic (exact) mass is 506 g/mol. The summed E-state index contributed by atoms with van der Waals surface area (Å²) in [6, 6.07) is 7.18. The van der Waals surface area contributed by atoms with Gasteiger partial charge in [0, 0.05) is 17.8 Å². The van der Waals surface area contributed by atoms with Crippen molar-refractivity contribution in [2.45, 2.75) is 0 Å². The Hall–Kier alpha value is -3.38. The molecule has 0 aliphatic carbocycles. The largest absolute Gasteiger partial charge is 0.485 e. The lowest BCUT2D eigenvalue weighted by molar-refractivity contribution is -0.385. The summed E-state index contributed by atoms with van der Waals surface area (Å²) < 4.78 is 19.7. The van der Waals surface area contributed by atoms with Crippen LogP contribution in [0, 0.1) is 15.9 Å². The molecule has 0 aliphatic rings. The first-order valence-corrected chi connectivity index (χ1v) is 10.2. The zero-order valence-electron chi connectivity index (χ0n) is 17.3. The Morgan fingerprint density at radius 2 is 2.06 bits per heavy atom. The zero-order valence-corrected chi connectivity index (χ0v) is 18.8. The first-order chi connectivity index (χ1) is 15.2. The van der Waals surface area contributed by atoms with Gasteiger partial charge < -0.3 is 20.3 Å². The predicted molar refractivity (Wildman–Crippen MR) is 121 cm³/mol. The normalized spacial score (nSPS) is 10.9. The number of carbonyl (C=O) groups excluding carboxylic acids is 1. The van der Waals surface area contributed by atoms with Crippen LogP contribution in [0.2, 0.25) is 0 Å². The first-order valence-electron chi connectivity index (χ1n) is 9.44. The number of nitrogens with zero attached hydrogens (tertiary/aromatic N) is 4. The van der Waals surface area contributed by atoms with E-state index < -0.39 is 10.7 Å². The van der Waals surface area contributed by atoms with Gasteiger partial charge in [-0.3, -0.25) is 14.9 Å². The molecular weight excluding hydrogens is 487 g/mol. The number of halogens is 2. The van der Waals surface area contributed by atoms with E-state index in [1.807, 2.05) is 0 Å². The number of nitrogens with one attached hydrogen (secondary N) is 2. The van der Waals surface area contributed by atoms with Crippen LogP contribution in [0.15, 0.2) is 41.1 Å². The molecule has 168 valence electrons. The van der Waals surface area contributed by atoms with Gasteiger partial charge in [-0.1, -0.05) is 0 Å². The number of likely N-dealkylation sites (N-methyl/N-ethyl adjacent to an activating group) is 1. The molecule has 0 aliphatic heterocycles. The number of nitro groups is 1. The van der Waals surface area contributed by atoms with Crippen LogP contribution in [0.5, 0.6) is 5.75 Å². The molecule has 0 saturated carbocycles. The molecule has 3 aromatic rings. The molecule has 0 saturated heterocycles. The second kappa shape index (κ2) is 10.3. The highest BCUT2D eigenvalue weighted by atomic mass is 79.9. The van der Waals surface area contributed by atoms with E-state index in [9.17, 15) is 19.3 Å². The highest BCUT2D eigenvalue weighted by Gasteiger charge is 2.19. The molecule has 2 N–H and O–H groups in total. The standard InChI is InChI=1S/C20H20BrFN6O4/c1-27(2)10-19(29)23-5-6-32-18-9-16-13(8-17(18)28(30)31)20(25-11-24-16)26-12-3-4-14(21)15(22)7-12/h3-4,7-9,11H,5-6,10H2,1-2H3,(H,23,29)(H,24,25,26). The van der Waals surface area contributed by atoms with Crippen LogP contribution in [0.3, 0.4) is 0 Å². The lowest BCUT2D eigenvalue weighted by Crippen LogP contribution is -2.35. The number of carbonyl (C=O) groups is 1. The van der Waals surface area contributed by atoms with Gasteiger partial charge in [-0.25, -0.2) is 14.4 Å². The number of rotatable bonds is 9. The molecule has 1 amide bonds. The maximum absolute atomic E-state index is 13.8. The van der Waals surface area contributed by atoms with E-state index >= 15 is 0 Å². The minimum absolute atomic E-state index is 0.0173. The summed E-state index contributed by atoms with van der Waals surface area (Å²) in [5, 5.41) is 17.6. The topological polar surface area (TPSA) is 123 Å². The molecule has 0 unspecified atom stereocenters. The van der Waals surface area contributed by atoms with E-state index in [0.717, 1.165) is 0 Å². The van der Waals surface area contributed by atoms with Crippen LogP contribution in [-0.2, 0) is 4.79 Å². The smallest absolute Gasteiger partial charge is 0.311 e. The number of nitro benzene ring substituents is 1. The van der Waals surface area contributed by atoms with Crippen LogP contribution in [-0.4, -0.2) is 59.5 Å². The molecule has 0 bridgehead atoms. The van der Waals surface area contributed by atoms with Crippen LogP contribution < -0.4 is 15.4 Å². The van der Waals surface area contributed by atoms with Crippen molar-refractivity contribution in [2.75, 3.05) is 39.1 Å². The van der Waals surface area contributed by atoms with Crippen molar-refractivity contribution < 1.29 is 18.8 Å². The fourth-order valence-electron chi connectivity index (χ4n) is 2.84. The Balaban J connectivity index is 1.82. The second-order valence-electron chi connectivity index (χ2n) is 7.01. The maximum atomic E-state index is 13.8. The first kappa shape index (κ1) is 23.3. The van der Waals surface area contributed by atoms with Crippen LogP contribution in [0.1, 0.15) is 0 Å². The van der Waals surface area contributed by atoms with Gasteiger partial charge in [0.05, 0.1) is 33.4 Å². The zero-order chi connectivity index (χ0) is 23.3. The van der Waals surface area contributed by atoms with Crippen LogP contribution >= 0.6 is 15.9 Å². The van der Waals surface area contributed by atoms with Gasteiger partial charge in [-0.05, 0) is 48.2 Å². The molecule has 3 rings (SSSR count). The number of hydrogen-bond acceptors (Lipinski definition) is 8. The number of benzene rings is 2. The minimum atomic E-state index is -0.574. The Morgan fingerprint density at radius 1 is 1.28 bits per heavy atom. The summed E-state index contributed by atoms with van der Waals surface area (Å²) in [6.45, 7) is 0.457. The fraction of sp³-hybridized carbons (Fsp3) is 0.250. The van der Waals surface area contributed by atoms with Crippen LogP contribution in [0.25, 0.3) is 10.9 Å². The average Bonchev–Trinajstić information content (AvgIpc) is 2.73. The van der Waals surface area contributed by atoms with E-state index in [2.05, 4.69) is 36.5 Å². The van der Waals surface area contributed by atoms with Crippen LogP contribution in [0.4, 0.5) is 21.6 Å². The Morgan fingerprint density at radius 3 is 2.75 bits per heavy atom. The minimum Gasteiger partial charge on any atom is -0.485 e. The highest BCUT2D eigenvalue weighted by molar-refractivity contribution is 9.10. The quantitative estimate of drug-likeness (QED) is 0.257. The van der Waals surface area contributed by atoms with Gasteiger partial charge in [-0.15, -0.1) is 0 Å². The second-order valence-corrected chi connectivity index (χ2v) is 7.86.